The molecule has 2 aliphatic rings. The summed E-state index contributed by atoms with van der Waals surface area (Å²) in [5.41, 5.74) is 9.71. The minimum atomic E-state index is -0.0319. The van der Waals surface area contributed by atoms with E-state index < -0.39 is 0 Å². The Labute approximate surface area is 186 Å². The number of rotatable bonds is 5. The van der Waals surface area contributed by atoms with E-state index in [1.165, 1.54) is 5.69 Å². The van der Waals surface area contributed by atoms with Crippen molar-refractivity contribution >= 4 is 11.8 Å². The molecule has 166 valence electrons. The molecule has 1 saturated heterocycles. The SMILES string of the molecule is CCNC(=O)N1CC[C@@]2(CCn3nc(-c4cnc(N)c(OCc5ccccn5)c4)cc32)C1. The molecule has 0 radical (unpaired) electrons. The Morgan fingerprint density at radius 3 is 2.94 bits per heavy atom. The Hall–Kier alpha value is -3.62. The van der Waals surface area contributed by atoms with Gasteiger partial charge < -0.3 is 20.7 Å². The normalized spacial score (nSPS) is 19.3. The van der Waals surface area contributed by atoms with E-state index in [9.17, 15) is 4.79 Å². The average Bonchev–Trinajstić information content (AvgIpc) is 3.51. The maximum atomic E-state index is 12.3. The second-order valence-electron chi connectivity index (χ2n) is 8.39. The van der Waals surface area contributed by atoms with E-state index in [1.54, 1.807) is 12.4 Å². The van der Waals surface area contributed by atoms with Crippen LogP contribution in [0.25, 0.3) is 11.3 Å². The summed E-state index contributed by atoms with van der Waals surface area (Å²) in [6.07, 6.45) is 5.41. The van der Waals surface area contributed by atoms with Gasteiger partial charge in [-0.25, -0.2) is 9.78 Å². The topological polar surface area (TPSA) is 111 Å². The molecule has 0 bridgehead atoms. The van der Waals surface area contributed by atoms with Crippen molar-refractivity contribution in [2.24, 2.45) is 0 Å². The zero-order valence-corrected chi connectivity index (χ0v) is 18.1. The number of aryl methyl sites for hydroxylation is 1. The number of amides is 2. The fourth-order valence-corrected chi connectivity index (χ4v) is 4.67. The number of aromatic nitrogens is 4. The minimum Gasteiger partial charge on any atom is -0.483 e. The average molecular weight is 434 g/mol. The van der Waals surface area contributed by atoms with Gasteiger partial charge in [0.05, 0.1) is 11.4 Å². The number of nitrogens with one attached hydrogen (secondary N) is 1. The van der Waals surface area contributed by atoms with Gasteiger partial charge in [-0.2, -0.15) is 5.10 Å². The summed E-state index contributed by atoms with van der Waals surface area (Å²) in [4.78, 5) is 22.8. The second-order valence-corrected chi connectivity index (χ2v) is 8.39. The third kappa shape index (κ3) is 3.63. The van der Waals surface area contributed by atoms with Crippen molar-refractivity contribution < 1.29 is 9.53 Å². The number of nitrogen functional groups attached to an aromatic ring is 1. The van der Waals surface area contributed by atoms with Gasteiger partial charge in [0.2, 0.25) is 0 Å². The number of nitrogens with two attached hydrogens (primary N) is 1. The standard InChI is InChI=1S/C23H27N7O2/c1-2-25-22(31)29-9-6-23(15-29)7-10-30-20(23)12-18(28-30)16-11-19(21(24)27-13-16)32-14-17-5-3-4-8-26-17/h3-5,8,11-13H,2,6-7,9-10,14-15H2,1H3,(H2,24,27)(H,25,31)/t23-/m1/s1. The highest BCUT2D eigenvalue weighted by atomic mass is 16.5. The summed E-state index contributed by atoms with van der Waals surface area (Å²) in [6.45, 7) is 5.23. The van der Waals surface area contributed by atoms with Crippen LogP contribution >= 0.6 is 0 Å². The van der Waals surface area contributed by atoms with E-state index >= 15 is 0 Å². The molecular formula is C23H27N7O2. The van der Waals surface area contributed by atoms with Gasteiger partial charge in [0.25, 0.3) is 0 Å². The lowest BCUT2D eigenvalue weighted by molar-refractivity contribution is 0.206. The molecular weight excluding hydrogens is 406 g/mol. The molecule has 9 heteroatoms. The van der Waals surface area contributed by atoms with E-state index in [2.05, 4.69) is 26.0 Å². The van der Waals surface area contributed by atoms with Gasteiger partial charge in [-0.3, -0.25) is 9.67 Å². The molecule has 1 fully saturated rings. The van der Waals surface area contributed by atoms with E-state index in [-0.39, 0.29) is 11.4 Å². The molecule has 5 rings (SSSR count). The van der Waals surface area contributed by atoms with E-state index in [0.717, 1.165) is 49.4 Å². The molecule has 0 saturated carbocycles. The Morgan fingerprint density at radius 2 is 2.12 bits per heavy atom. The van der Waals surface area contributed by atoms with E-state index in [4.69, 9.17) is 15.6 Å². The molecule has 5 heterocycles. The molecule has 3 aromatic heterocycles. The van der Waals surface area contributed by atoms with Crippen LogP contribution in [0.5, 0.6) is 5.75 Å². The molecule has 1 atom stereocenters. The van der Waals surface area contributed by atoms with Crippen molar-refractivity contribution in [3.8, 4) is 17.0 Å². The van der Waals surface area contributed by atoms with Gasteiger partial charge in [-0.15, -0.1) is 0 Å². The lowest BCUT2D eigenvalue weighted by Gasteiger charge is -2.23. The summed E-state index contributed by atoms with van der Waals surface area (Å²) >= 11 is 0. The quantitative estimate of drug-likeness (QED) is 0.640. The van der Waals surface area contributed by atoms with Gasteiger partial charge in [-0.05, 0) is 44.0 Å². The van der Waals surface area contributed by atoms with Crippen molar-refractivity contribution in [3.63, 3.8) is 0 Å². The highest BCUT2D eigenvalue weighted by molar-refractivity contribution is 5.75. The fraction of sp³-hybridized carbons (Fsp3) is 0.391. The predicted molar refractivity (Wildman–Crippen MR) is 120 cm³/mol. The number of carbonyl (C=O) groups is 1. The number of ether oxygens (including phenoxy) is 1. The first kappa shape index (κ1) is 20.3. The monoisotopic (exact) mass is 433 g/mol. The number of hydrogen-bond donors (Lipinski definition) is 2. The van der Waals surface area contributed by atoms with Crippen molar-refractivity contribution in [1.82, 2.24) is 30.0 Å². The number of anilines is 1. The highest BCUT2D eigenvalue weighted by Crippen LogP contribution is 2.44. The van der Waals surface area contributed by atoms with Gasteiger partial charge in [0, 0.05) is 55.2 Å². The molecule has 0 unspecified atom stereocenters. The fourth-order valence-electron chi connectivity index (χ4n) is 4.67. The molecule has 3 aromatic rings. The molecule has 1 spiro atoms. The van der Waals surface area contributed by atoms with Crippen LogP contribution in [0.15, 0.2) is 42.7 Å². The van der Waals surface area contributed by atoms with Crippen LogP contribution in [-0.4, -0.2) is 50.3 Å². The molecule has 0 aromatic carbocycles. The third-order valence-electron chi connectivity index (χ3n) is 6.37. The number of nitrogens with zero attached hydrogens (tertiary/aromatic N) is 5. The van der Waals surface area contributed by atoms with Gasteiger partial charge in [0.1, 0.15) is 6.61 Å². The number of carbonyl (C=O) groups excluding carboxylic acids is 1. The lowest BCUT2D eigenvalue weighted by Crippen LogP contribution is -2.40. The van der Waals surface area contributed by atoms with Crippen LogP contribution in [0.4, 0.5) is 10.6 Å². The summed E-state index contributed by atoms with van der Waals surface area (Å²) in [5, 5.41) is 7.73. The summed E-state index contributed by atoms with van der Waals surface area (Å²) in [6, 6.07) is 9.71. The van der Waals surface area contributed by atoms with Crippen LogP contribution in [0.3, 0.4) is 0 Å². The summed E-state index contributed by atoms with van der Waals surface area (Å²) < 4.78 is 7.95. The first-order valence-electron chi connectivity index (χ1n) is 11.0. The largest absolute Gasteiger partial charge is 0.483 e. The van der Waals surface area contributed by atoms with Crippen molar-refractivity contribution in [3.05, 3.63) is 54.1 Å². The van der Waals surface area contributed by atoms with Crippen LogP contribution < -0.4 is 15.8 Å². The predicted octanol–water partition coefficient (Wildman–Crippen LogP) is 2.58. The number of fused-ring (bicyclic) bond motifs is 2. The van der Waals surface area contributed by atoms with Crippen LogP contribution in [-0.2, 0) is 18.6 Å². The molecule has 9 nitrogen and oxygen atoms in total. The van der Waals surface area contributed by atoms with Gasteiger partial charge in [0.15, 0.2) is 11.6 Å². The van der Waals surface area contributed by atoms with E-state index in [0.29, 0.717) is 24.7 Å². The van der Waals surface area contributed by atoms with Gasteiger partial charge >= 0.3 is 6.03 Å². The molecule has 2 amide bonds. The molecule has 32 heavy (non-hydrogen) atoms. The number of hydrogen-bond acceptors (Lipinski definition) is 6. The highest BCUT2D eigenvalue weighted by Gasteiger charge is 2.46. The Kier molecular flexibility index (Phi) is 5.16. The summed E-state index contributed by atoms with van der Waals surface area (Å²) in [7, 11) is 0. The van der Waals surface area contributed by atoms with E-state index in [1.807, 2.05) is 36.1 Å². The Bertz CT molecular complexity index is 1130. The first-order chi connectivity index (χ1) is 15.6. The number of likely N-dealkylation sites (tertiary alicyclic amines) is 1. The van der Waals surface area contributed by atoms with Gasteiger partial charge in [-0.1, -0.05) is 6.07 Å². The first-order valence-corrected chi connectivity index (χ1v) is 11.0. The molecule has 3 N–H and O–H groups in total. The lowest BCUT2D eigenvalue weighted by atomic mass is 9.82. The smallest absolute Gasteiger partial charge is 0.317 e. The second kappa shape index (κ2) is 8.14. The Balaban J connectivity index is 1.36. The number of pyridine rings is 2. The number of urea groups is 1. The van der Waals surface area contributed by atoms with Crippen molar-refractivity contribution in [2.45, 2.75) is 38.3 Å². The zero-order valence-electron chi connectivity index (χ0n) is 18.1. The van der Waals surface area contributed by atoms with Crippen LogP contribution in [0.2, 0.25) is 0 Å². The summed E-state index contributed by atoms with van der Waals surface area (Å²) in [5.74, 6) is 0.848. The van der Waals surface area contributed by atoms with Crippen LogP contribution in [0.1, 0.15) is 31.2 Å². The van der Waals surface area contributed by atoms with Crippen molar-refractivity contribution in [1.29, 1.82) is 0 Å². The van der Waals surface area contributed by atoms with Crippen LogP contribution in [0, 0.1) is 0 Å². The third-order valence-corrected chi connectivity index (χ3v) is 6.37. The maximum absolute atomic E-state index is 12.3. The minimum absolute atomic E-state index is 0.0139. The molecule has 0 aliphatic carbocycles. The molecule has 2 aliphatic heterocycles. The Morgan fingerprint density at radius 1 is 1.25 bits per heavy atom. The zero-order chi connectivity index (χ0) is 22.1. The van der Waals surface area contributed by atoms with Crippen molar-refractivity contribution in [2.75, 3.05) is 25.4 Å². The maximum Gasteiger partial charge on any atom is 0.317 e.